The summed E-state index contributed by atoms with van der Waals surface area (Å²) in [5.74, 6) is -0.312. The Morgan fingerprint density at radius 3 is 2.36 bits per heavy atom. The Morgan fingerprint density at radius 2 is 1.64 bits per heavy atom. The molecule has 128 valence electrons. The number of thiophene rings is 1. The first kappa shape index (κ1) is 17.4. The lowest BCUT2D eigenvalue weighted by molar-refractivity contribution is 0.103. The molecule has 1 N–H and O–H groups in total. The number of carbonyl (C=O) groups excluding carboxylic acids is 1. The summed E-state index contributed by atoms with van der Waals surface area (Å²) >= 11 is 0.972. The van der Waals surface area contributed by atoms with E-state index in [-0.39, 0.29) is 15.0 Å². The van der Waals surface area contributed by atoms with E-state index in [4.69, 9.17) is 0 Å². The van der Waals surface area contributed by atoms with Crippen molar-refractivity contribution in [2.45, 2.75) is 23.0 Å². The summed E-state index contributed by atoms with van der Waals surface area (Å²) in [5, 5.41) is 2.85. The summed E-state index contributed by atoms with van der Waals surface area (Å²) in [6, 6.07) is 16.9. The first-order valence-electron chi connectivity index (χ1n) is 7.67. The van der Waals surface area contributed by atoms with E-state index >= 15 is 0 Å². The van der Waals surface area contributed by atoms with Gasteiger partial charge in [-0.1, -0.05) is 30.3 Å². The summed E-state index contributed by atoms with van der Waals surface area (Å²) in [6.07, 6.45) is 0. The summed E-state index contributed by atoms with van der Waals surface area (Å²) in [4.78, 5) is 13.0. The van der Waals surface area contributed by atoms with Crippen molar-refractivity contribution in [2.75, 3.05) is 5.32 Å². The third-order valence-corrected chi connectivity index (χ3v) is 7.32. The van der Waals surface area contributed by atoms with Crippen LogP contribution in [-0.4, -0.2) is 14.3 Å². The van der Waals surface area contributed by atoms with Crippen LogP contribution in [0, 0.1) is 13.8 Å². The van der Waals surface area contributed by atoms with Crippen LogP contribution in [-0.2, 0) is 9.84 Å². The summed E-state index contributed by atoms with van der Waals surface area (Å²) in [5.41, 5.74) is 2.80. The van der Waals surface area contributed by atoms with Crippen LogP contribution in [0.4, 0.5) is 5.69 Å². The summed E-state index contributed by atoms with van der Waals surface area (Å²) in [6.45, 7) is 3.91. The molecule has 0 atom stereocenters. The van der Waals surface area contributed by atoms with Gasteiger partial charge >= 0.3 is 0 Å². The van der Waals surface area contributed by atoms with E-state index in [1.807, 2.05) is 32.0 Å². The van der Waals surface area contributed by atoms with Gasteiger partial charge in [0, 0.05) is 5.69 Å². The largest absolute Gasteiger partial charge is 0.321 e. The number of rotatable bonds is 4. The number of anilines is 1. The number of benzene rings is 2. The molecule has 0 saturated heterocycles. The SMILES string of the molecule is Cc1cccc(NC(=O)c2ccc(S(=O)(=O)c3ccccc3)s2)c1C. The van der Waals surface area contributed by atoms with Crippen molar-refractivity contribution in [1.29, 1.82) is 0 Å². The second kappa shape index (κ2) is 6.82. The molecular formula is C19H17NO3S2. The van der Waals surface area contributed by atoms with E-state index in [1.165, 1.54) is 6.07 Å². The molecule has 0 fully saturated rings. The predicted molar refractivity (Wildman–Crippen MR) is 100 cm³/mol. The third-order valence-electron chi connectivity index (χ3n) is 3.98. The normalized spacial score (nSPS) is 11.3. The van der Waals surface area contributed by atoms with Crippen molar-refractivity contribution >= 4 is 32.8 Å². The Balaban J connectivity index is 1.86. The number of hydrogen-bond donors (Lipinski definition) is 1. The molecule has 25 heavy (non-hydrogen) atoms. The van der Waals surface area contributed by atoms with Crippen molar-refractivity contribution in [3.8, 4) is 0 Å². The van der Waals surface area contributed by atoms with E-state index < -0.39 is 9.84 Å². The van der Waals surface area contributed by atoms with Crippen molar-refractivity contribution in [2.24, 2.45) is 0 Å². The zero-order chi connectivity index (χ0) is 18.0. The molecule has 1 amide bonds. The fraction of sp³-hybridized carbons (Fsp3) is 0.105. The van der Waals surface area contributed by atoms with Crippen molar-refractivity contribution in [1.82, 2.24) is 0 Å². The minimum absolute atomic E-state index is 0.157. The van der Waals surface area contributed by atoms with Gasteiger partial charge in [0.2, 0.25) is 9.84 Å². The molecule has 3 rings (SSSR count). The topological polar surface area (TPSA) is 63.2 Å². The molecule has 4 nitrogen and oxygen atoms in total. The molecule has 0 saturated carbocycles. The molecule has 0 aliphatic rings. The predicted octanol–water partition coefficient (Wildman–Crippen LogP) is 4.45. The average Bonchev–Trinajstić information content (AvgIpc) is 3.11. The lowest BCUT2D eigenvalue weighted by atomic mass is 10.1. The van der Waals surface area contributed by atoms with E-state index in [1.54, 1.807) is 36.4 Å². The van der Waals surface area contributed by atoms with Crippen LogP contribution >= 0.6 is 11.3 Å². The fourth-order valence-electron chi connectivity index (χ4n) is 2.37. The molecule has 6 heteroatoms. The minimum atomic E-state index is -3.60. The highest BCUT2D eigenvalue weighted by Crippen LogP contribution is 2.28. The van der Waals surface area contributed by atoms with Crippen LogP contribution in [0.5, 0.6) is 0 Å². The van der Waals surface area contributed by atoms with Gasteiger partial charge in [0.1, 0.15) is 4.21 Å². The lowest BCUT2D eigenvalue weighted by Gasteiger charge is -2.09. The Labute approximate surface area is 151 Å². The van der Waals surface area contributed by atoms with E-state index in [0.717, 1.165) is 28.2 Å². The molecule has 1 heterocycles. The fourth-order valence-corrected chi connectivity index (χ4v) is 5.00. The van der Waals surface area contributed by atoms with Gasteiger partial charge < -0.3 is 5.32 Å². The maximum absolute atomic E-state index is 12.6. The van der Waals surface area contributed by atoms with E-state index in [0.29, 0.717) is 4.88 Å². The first-order valence-corrected chi connectivity index (χ1v) is 9.97. The zero-order valence-corrected chi connectivity index (χ0v) is 15.4. The molecular weight excluding hydrogens is 354 g/mol. The van der Waals surface area contributed by atoms with Gasteiger partial charge in [0.15, 0.2) is 0 Å². The first-order chi connectivity index (χ1) is 11.9. The zero-order valence-electron chi connectivity index (χ0n) is 13.8. The Kier molecular flexibility index (Phi) is 4.74. The number of carbonyl (C=O) groups is 1. The monoisotopic (exact) mass is 371 g/mol. The van der Waals surface area contributed by atoms with Crippen LogP contribution in [0.25, 0.3) is 0 Å². The van der Waals surface area contributed by atoms with E-state index in [9.17, 15) is 13.2 Å². The van der Waals surface area contributed by atoms with Crippen LogP contribution in [0.15, 0.2) is 69.8 Å². The molecule has 1 aromatic heterocycles. The average molecular weight is 371 g/mol. The second-order valence-electron chi connectivity index (χ2n) is 5.64. The van der Waals surface area contributed by atoms with Gasteiger partial charge in [-0.2, -0.15) is 0 Å². The smallest absolute Gasteiger partial charge is 0.265 e. The standard InChI is InChI=1S/C19H17NO3S2/c1-13-7-6-10-16(14(13)2)20-19(21)17-11-12-18(24-17)25(22,23)15-8-4-3-5-9-15/h3-12H,1-2H3,(H,20,21). The number of sulfone groups is 1. The van der Waals surface area contributed by atoms with Crippen LogP contribution in [0.1, 0.15) is 20.8 Å². The Morgan fingerprint density at radius 1 is 0.920 bits per heavy atom. The lowest BCUT2D eigenvalue weighted by Crippen LogP contribution is -2.11. The van der Waals surface area contributed by atoms with Crippen molar-refractivity contribution in [3.63, 3.8) is 0 Å². The van der Waals surface area contributed by atoms with Gasteiger partial charge in [-0.25, -0.2) is 8.42 Å². The maximum atomic E-state index is 12.6. The third kappa shape index (κ3) is 3.50. The van der Waals surface area contributed by atoms with E-state index in [2.05, 4.69) is 5.32 Å². The van der Waals surface area contributed by atoms with Gasteiger partial charge in [0.05, 0.1) is 9.77 Å². The molecule has 0 spiro atoms. The minimum Gasteiger partial charge on any atom is -0.321 e. The Hall–Kier alpha value is -2.44. The summed E-state index contributed by atoms with van der Waals surface area (Å²) < 4.78 is 25.4. The quantitative estimate of drug-likeness (QED) is 0.737. The number of amides is 1. The second-order valence-corrected chi connectivity index (χ2v) is 8.90. The van der Waals surface area contributed by atoms with Gasteiger partial charge in [-0.15, -0.1) is 11.3 Å². The highest BCUT2D eigenvalue weighted by molar-refractivity contribution is 7.93. The molecule has 0 radical (unpaired) electrons. The van der Waals surface area contributed by atoms with Crippen LogP contribution < -0.4 is 5.32 Å². The molecule has 0 bridgehead atoms. The number of nitrogens with one attached hydrogen (secondary N) is 1. The molecule has 0 aliphatic carbocycles. The molecule has 0 aliphatic heterocycles. The van der Waals surface area contributed by atoms with Gasteiger partial charge in [-0.05, 0) is 55.3 Å². The number of aryl methyl sites for hydroxylation is 1. The van der Waals surface area contributed by atoms with Crippen molar-refractivity contribution < 1.29 is 13.2 Å². The van der Waals surface area contributed by atoms with Crippen LogP contribution in [0.2, 0.25) is 0 Å². The highest BCUT2D eigenvalue weighted by atomic mass is 32.2. The van der Waals surface area contributed by atoms with Crippen LogP contribution in [0.3, 0.4) is 0 Å². The number of hydrogen-bond acceptors (Lipinski definition) is 4. The molecule has 2 aromatic carbocycles. The van der Waals surface area contributed by atoms with Crippen molar-refractivity contribution in [3.05, 3.63) is 76.7 Å². The highest BCUT2D eigenvalue weighted by Gasteiger charge is 2.21. The summed E-state index contributed by atoms with van der Waals surface area (Å²) in [7, 11) is -3.60. The van der Waals surface area contributed by atoms with Gasteiger partial charge in [0.25, 0.3) is 5.91 Å². The maximum Gasteiger partial charge on any atom is 0.265 e. The molecule has 0 unspecified atom stereocenters. The Bertz CT molecular complexity index is 1020. The van der Waals surface area contributed by atoms with Gasteiger partial charge in [-0.3, -0.25) is 4.79 Å². The molecule has 3 aromatic rings.